The largest absolute Gasteiger partial charge is 0.468 e. The molecule has 114 valence electrons. The predicted octanol–water partition coefficient (Wildman–Crippen LogP) is 3.55. The molecule has 0 saturated heterocycles. The van der Waals surface area contributed by atoms with E-state index in [4.69, 9.17) is 21.1 Å². The fourth-order valence-corrected chi connectivity index (χ4v) is 2.65. The van der Waals surface area contributed by atoms with Gasteiger partial charge in [0.1, 0.15) is 5.75 Å². The lowest BCUT2D eigenvalue weighted by Crippen LogP contribution is -2.36. The SMILES string of the molecule is CCN1C(=O)C(C)CC=C1c1ccc(OCOC)cc1Cl. The molecule has 0 saturated carbocycles. The van der Waals surface area contributed by atoms with Gasteiger partial charge in [0, 0.05) is 30.8 Å². The van der Waals surface area contributed by atoms with Crippen molar-refractivity contribution >= 4 is 23.2 Å². The lowest BCUT2D eigenvalue weighted by atomic mass is 9.97. The first-order valence-electron chi connectivity index (χ1n) is 7.01. The maximum absolute atomic E-state index is 12.3. The quantitative estimate of drug-likeness (QED) is 0.781. The fourth-order valence-electron chi connectivity index (χ4n) is 2.39. The number of amides is 1. The third-order valence-electron chi connectivity index (χ3n) is 3.52. The highest BCUT2D eigenvalue weighted by Gasteiger charge is 2.27. The van der Waals surface area contributed by atoms with Gasteiger partial charge >= 0.3 is 0 Å². The summed E-state index contributed by atoms with van der Waals surface area (Å²) in [6, 6.07) is 5.45. The highest BCUT2D eigenvalue weighted by atomic mass is 35.5. The second-order valence-electron chi connectivity index (χ2n) is 5.00. The van der Waals surface area contributed by atoms with Crippen LogP contribution in [0.25, 0.3) is 5.70 Å². The van der Waals surface area contributed by atoms with E-state index in [2.05, 4.69) is 6.08 Å². The number of benzene rings is 1. The van der Waals surface area contributed by atoms with Gasteiger partial charge in [-0.15, -0.1) is 0 Å². The molecule has 1 unspecified atom stereocenters. The minimum absolute atomic E-state index is 0.0248. The van der Waals surface area contributed by atoms with Crippen LogP contribution < -0.4 is 4.74 Å². The summed E-state index contributed by atoms with van der Waals surface area (Å²) in [4.78, 5) is 14.0. The Hall–Kier alpha value is -1.52. The molecule has 1 aromatic carbocycles. The molecule has 1 aliphatic rings. The van der Waals surface area contributed by atoms with Gasteiger partial charge in [0.2, 0.25) is 5.91 Å². The summed E-state index contributed by atoms with van der Waals surface area (Å²) in [6.07, 6.45) is 2.81. The summed E-state index contributed by atoms with van der Waals surface area (Å²) in [7, 11) is 1.56. The molecule has 1 aliphatic heterocycles. The molecule has 0 spiro atoms. The molecule has 0 bridgehead atoms. The summed E-state index contributed by atoms with van der Waals surface area (Å²) in [5.41, 5.74) is 1.73. The summed E-state index contributed by atoms with van der Waals surface area (Å²) in [6.45, 7) is 4.72. The number of carbonyl (C=O) groups is 1. The molecular weight excluding hydrogens is 290 g/mol. The summed E-state index contributed by atoms with van der Waals surface area (Å²) < 4.78 is 10.2. The van der Waals surface area contributed by atoms with Gasteiger partial charge in [-0.05, 0) is 31.5 Å². The summed E-state index contributed by atoms with van der Waals surface area (Å²) >= 11 is 6.35. The van der Waals surface area contributed by atoms with E-state index in [0.717, 1.165) is 17.7 Å². The minimum Gasteiger partial charge on any atom is -0.468 e. The van der Waals surface area contributed by atoms with Crippen LogP contribution in [0, 0.1) is 5.92 Å². The molecule has 21 heavy (non-hydrogen) atoms. The van der Waals surface area contributed by atoms with Crippen molar-refractivity contribution in [3.8, 4) is 5.75 Å². The van der Waals surface area contributed by atoms with Crippen molar-refractivity contribution in [1.82, 2.24) is 4.90 Å². The first-order chi connectivity index (χ1) is 10.1. The van der Waals surface area contributed by atoms with Gasteiger partial charge in [-0.3, -0.25) is 4.79 Å². The van der Waals surface area contributed by atoms with Crippen molar-refractivity contribution in [2.45, 2.75) is 20.3 Å². The average Bonchev–Trinajstić information content (AvgIpc) is 2.48. The zero-order valence-corrected chi connectivity index (χ0v) is 13.3. The normalized spacial score (nSPS) is 18.7. The van der Waals surface area contributed by atoms with E-state index in [1.54, 1.807) is 18.1 Å². The maximum atomic E-state index is 12.3. The molecule has 1 heterocycles. The number of ether oxygens (including phenoxy) is 2. The van der Waals surface area contributed by atoms with Crippen LogP contribution in [0.5, 0.6) is 5.75 Å². The van der Waals surface area contributed by atoms with Crippen LogP contribution >= 0.6 is 11.6 Å². The first kappa shape index (κ1) is 15.9. The van der Waals surface area contributed by atoms with E-state index in [-0.39, 0.29) is 18.6 Å². The van der Waals surface area contributed by atoms with Gasteiger partial charge in [0.05, 0.1) is 5.02 Å². The highest BCUT2D eigenvalue weighted by Crippen LogP contribution is 2.34. The lowest BCUT2D eigenvalue weighted by Gasteiger charge is -2.31. The maximum Gasteiger partial charge on any atom is 0.230 e. The Morgan fingerprint density at radius 1 is 1.43 bits per heavy atom. The second-order valence-corrected chi connectivity index (χ2v) is 5.41. The number of nitrogens with zero attached hydrogens (tertiary/aromatic N) is 1. The second kappa shape index (κ2) is 6.96. The molecule has 0 aromatic heterocycles. The van der Waals surface area contributed by atoms with Crippen LogP contribution in [0.15, 0.2) is 24.3 Å². The Kier molecular flexibility index (Phi) is 5.26. The van der Waals surface area contributed by atoms with E-state index in [0.29, 0.717) is 17.3 Å². The molecule has 0 N–H and O–H groups in total. The molecular formula is C16H20ClNO3. The lowest BCUT2D eigenvalue weighted by molar-refractivity contribution is -0.131. The Morgan fingerprint density at radius 2 is 2.19 bits per heavy atom. The van der Waals surface area contributed by atoms with Gasteiger partial charge in [0.15, 0.2) is 6.79 Å². The van der Waals surface area contributed by atoms with Gasteiger partial charge in [-0.2, -0.15) is 0 Å². The van der Waals surface area contributed by atoms with Crippen molar-refractivity contribution < 1.29 is 14.3 Å². The van der Waals surface area contributed by atoms with Gasteiger partial charge in [-0.25, -0.2) is 0 Å². The van der Waals surface area contributed by atoms with Gasteiger partial charge in [-0.1, -0.05) is 24.6 Å². The molecule has 5 heteroatoms. The molecule has 1 aromatic rings. The van der Waals surface area contributed by atoms with Crippen molar-refractivity contribution in [2.75, 3.05) is 20.4 Å². The van der Waals surface area contributed by atoms with Crippen molar-refractivity contribution in [2.24, 2.45) is 5.92 Å². The van der Waals surface area contributed by atoms with E-state index in [9.17, 15) is 4.79 Å². The predicted molar refractivity (Wildman–Crippen MR) is 83.1 cm³/mol. The molecule has 1 atom stereocenters. The zero-order valence-electron chi connectivity index (χ0n) is 12.6. The molecule has 4 nitrogen and oxygen atoms in total. The molecule has 0 radical (unpaired) electrons. The van der Waals surface area contributed by atoms with Crippen LogP contribution in [0.1, 0.15) is 25.8 Å². The standard InChI is InChI=1S/C16H20ClNO3/c1-4-18-15(8-5-11(2)16(18)19)13-7-6-12(9-14(13)17)21-10-20-3/h6-9,11H,4-5,10H2,1-3H3. The number of allylic oxidation sites excluding steroid dienone is 1. The third kappa shape index (κ3) is 3.39. The number of rotatable bonds is 5. The number of hydrogen-bond donors (Lipinski definition) is 0. The number of carbonyl (C=O) groups excluding carboxylic acids is 1. The Morgan fingerprint density at radius 3 is 2.81 bits per heavy atom. The minimum atomic E-state index is 0.0248. The fraction of sp³-hybridized carbons (Fsp3) is 0.438. The van der Waals surface area contributed by atoms with Crippen LogP contribution in [-0.4, -0.2) is 31.3 Å². The molecule has 0 fully saturated rings. The third-order valence-corrected chi connectivity index (χ3v) is 3.83. The molecule has 0 aliphatic carbocycles. The van der Waals surface area contributed by atoms with E-state index >= 15 is 0 Å². The van der Waals surface area contributed by atoms with E-state index in [1.807, 2.05) is 26.0 Å². The van der Waals surface area contributed by atoms with E-state index in [1.165, 1.54) is 0 Å². The highest BCUT2D eigenvalue weighted by molar-refractivity contribution is 6.32. The number of hydrogen-bond acceptors (Lipinski definition) is 3. The van der Waals surface area contributed by atoms with Crippen molar-refractivity contribution in [3.05, 3.63) is 34.9 Å². The van der Waals surface area contributed by atoms with Gasteiger partial charge < -0.3 is 14.4 Å². The Balaban J connectivity index is 2.30. The summed E-state index contributed by atoms with van der Waals surface area (Å²) in [5, 5.41) is 0.565. The van der Waals surface area contributed by atoms with Crippen LogP contribution in [0.2, 0.25) is 5.02 Å². The average molecular weight is 310 g/mol. The van der Waals surface area contributed by atoms with Crippen LogP contribution in [0.4, 0.5) is 0 Å². The number of methoxy groups -OCH3 is 1. The molecule has 2 rings (SSSR count). The first-order valence-corrected chi connectivity index (χ1v) is 7.39. The van der Waals surface area contributed by atoms with Crippen molar-refractivity contribution in [1.29, 1.82) is 0 Å². The molecule has 1 amide bonds. The van der Waals surface area contributed by atoms with Gasteiger partial charge in [0.25, 0.3) is 0 Å². The summed E-state index contributed by atoms with van der Waals surface area (Å²) in [5.74, 6) is 0.812. The van der Waals surface area contributed by atoms with Crippen molar-refractivity contribution in [3.63, 3.8) is 0 Å². The van der Waals surface area contributed by atoms with Crippen LogP contribution in [-0.2, 0) is 9.53 Å². The Labute approximate surface area is 130 Å². The zero-order chi connectivity index (χ0) is 15.4. The monoisotopic (exact) mass is 309 g/mol. The topological polar surface area (TPSA) is 38.8 Å². The van der Waals surface area contributed by atoms with Crippen LogP contribution in [0.3, 0.4) is 0 Å². The Bertz CT molecular complexity index is 556. The van der Waals surface area contributed by atoms with E-state index < -0.39 is 0 Å². The number of halogens is 1. The smallest absolute Gasteiger partial charge is 0.230 e.